The Morgan fingerprint density at radius 1 is 0.296 bits per heavy atom. The van der Waals surface area contributed by atoms with Gasteiger partial charge in [-0.2, -0.15) is 0 Å². The molecule has 2 heterocycles. The van der Waals surface area contributed by atoms with Gasteiger partial charge in [0.1, 0.15) is 11.2 Å². The lowest BCUT2D eigenvalue weighted by Crippen LogP contribution is -1.90. The van der Waals surface area contributed by atoms with Crippen molar-refractivity contribution in [3.8, 4) is 33.4 Å². The van der Waals surface area contributed by atoms with Gasteiger partial charge in [-0.1, -0.05) is 140 Å². The summed E-state index contributed by atoms with van der Waals surface area (Å²) in [6, 6.07) is 66.7. The average Bonchev–Trinajstić information content (AvgIpc) is 3.78. The standard InChI is InChI=1S/C52H30OS/c1-2-11-32(12-3-1)50-40-14-6-8-16-42(40)51(43-17-9-7-15-41(43)50)37-21-20-33-26-34(18-19-35(33)27-37)36-22-24-39-44-29-45-49(30-47(44)53-46(39)28-36)54-48-25-23-31-10-4-5-13-38(31)52(45)48/h1-30H. The first-order chi connectivity index (χ1) is 26.7. The number of thiophene rings is 1. The fraction of sp³-hybridized carbons (Fsp3) is 0. The summed E-state index contributed by atoms with van der Waals surface area (Å²) in [6.07, 6.45) is 0. The van der Waals surface area contributed by atoms with E-state index in [9.17, 15) is 0 Å². The molecule has 2 aromatic heterocycles. The van der Waals surface area contributed by atoms with E-state index in [0.29, 0.717) is 0 Å². The highest BCUT2D eigenvalue weighted by Crippen LogP contribution is 2.45. The minimum Gasteiger partial charge on any atom is -0.456 e. The van der Waals surface area contributed by atoms with E-state index in [4.69, 9.17) is 4.42 Å². The first kappa shape index (κ1) is 29.8. The van der Waals surface area contributed by atoms with Gasteiger partial charge in [0, 0.05) is 30.9 Å². The van der Waals surface area contributed by atoms with Gasteiger partial charge in [0.15, 0.2) is 0 Å². The summed E-state index contributed by atoms with van der Waals surface area (Å²) in [4.78, 5) is 0. The molecule has 250 valence electrons. The fourth-order valence-electron chi connectivity index (χ4n) is 8.93. The Labute approximate surface area is 314 Å². The van der Waals surface area contributed by atoms with Gasteiger partial charge in [0.2, 0.25) is 0 Å². The van der Waals surface area contributed by atoms with E-state index in [1.807, 2.05) is 11.3 Å². The maximum Gasteiger partial charge on any atom is 0.136 e. The van der Waals surface area contributed by atoms with Crippen LogP contribution in [0.4, 0.5) is 0 Å². The third-order valence-electron chi connectivity index (χ3n) is 11.4. The Morgan fingerprint density at radius 2 is 0.852 bits per heavy atom. The van der Waals surface area contributed by atoms with Crippen LogP contribution in [-0.2, 0) is 0 Å². The van der Waals surface area contributed by atoms with Crippen molar-refractivity contribution >= 4 is 96.5 Å². The van der Waals surface area contributed by atoms with Gasteiger partial charge < -0.3 is 4.42 Å². The first-order valence-electron chi connectivity index (χ1n) is 18.5. The zero-order chi connectivity index (χ0) is 35.3. The summed E-state index contributed by atoms with van der Waals surface area (Å²) >= 11 is 1.84. The van der Waals surface area contributed by atoms with Crippen LogP contribution in [0.25, 0.3) is 119 Å². The first-order valence-corrected chi connectivity index (χ1v) is 19.3. The fourth-order valence-corrected chi connectivity index (χ4v) is 10.1. The van der Waals surface area contributed by atoms with Crippen LogP contribution in [0, 0.1) is 0 Å². The molecule has 0 bridgehead atoms. The van der Waals surface area contributed by atoms with Crippen LogP contribution in [-0.4, -0.2) is 0 Å². The minimum atomic E-state index is 0.919. The zero-order valence-corrected chi connectivity index (χ0v) is 30.0. The largest absolute Gasteiger partial charge is 0.456 e. The molecule has 0 saturated heterocycles. The summed E-state index contributed by atoms with van der Waals surface area (Å²) in [5, 5.41) is 15.1. The Kier molecular flexibility index (Phi) is 6.28. The van der Waals surface area contributed by atoms with Crippen molar-refractivity contribution in [2.75, 3.05) is 0 Å². The van der Waals surface area contributed by atoms with Crippen LogP contribution >= 0.6 is 11.3 Å². The zero-order valence-electron chi connectivity index (χ0n) is 29.1. The molecule has 0 atom stereocenters. The molecule has 2 heteroatoms. The van der Waals surface area contributed by atoms with Gasteiger partial charge in [-0.3, -0.25) is 0 Å². The molecule has 0 aliphatic carbocycles. The molecule has 0 amide bonds. The maximum atomic E-state index is 6.57. The number of hydrogen-bond donors (Lipinski definition) is 0. The van der Waals surface area contributed by atoms with Crippen molar-refractivity contribution in [3.63, 3.8) is 0 Å². The van der Waals surface area contributed by atoms with E-state index in [1.165, 1.54) is 96.5 Å². The topological polar surface area (TPSA) is 13.1 Å². The second-order valence-corrected chi connectivity index (χ2v) is 15.5. The van der Waals surface area contributed by atoms with Crippen molar-refractivity contribution in [2.24, 2.45) is 0 Å². The Balaban J connectivity index is 0.967. The van der Waals surface area contributed by atoms with Crippen LogP contribution in [0.2, 0.25) is 0 Å². The summed E-state index contributed by atoms with van der Waals surface area (Å²) in [5.41, 5.74) is 9.23. The molecule has 1 nitrogen and oxygen atoms in total. The lowest BCUT2D eigenvalue weighted by Gasteiger charge is -2.18. The quantitative estimate of drug-likeness (QED) is 0.167. The molecule has 0 aliphatic rings. The maximum absolute atomic E-state index is 6.57. The van der Waals surface area contributed by atoms with Crippen molar-refractivity contribution in [3.05, 3.63) is 182 Å². The molecule has 0 N–H and O–H groups in total. The molecule has 12 aromatic rings. The highest BCUT2D eigenvalue weighted by Gasteiger charge is 2.18. The highest BCUT2D eigenvalue weighted by molar-refractivity contribution is 7.26. The Hall–Kier alpha value is -6.74. The number of furan rings is 1. The van der Waals surface area contributed by atoms with Gasteiger partial charge >= 0.3 is 0 Å². The summed E-state index contributed by atoms with van der Waals surface area (Å²) in [6.45, 7) is 0. The molecule has 0 unspecified atom stereocenters. The third kappa shape index (κ3) is 4.38. The lowest BCUT2D eigenvalue weighted by atomic mass is 9.85. The van der Waals surface area contributed by atoms with E-state index >= 15 is 0 Å². The van der Waals surface area contributed by atoms with Gasteiger partial charge in [-0.05, 0) is 119 Å². The van der Waals surface area contributed by atoms with Crippen LogP contribution in [0.15, 0.2) is 186 Å². The molecular weight excluding hydrogens is 673 g/mol. The predicted molar refractivity (Wildman–Crippen MR) is 233 cm³/mol. The Bertz CT molecular complexity index is 3440. The molecule has 0 saturated carbocycles. The van der Waals surface area contributed by atoms with Gasteiger partial charge in [-0.15, -0.1) is 11.3 Å². The number of hydrogen-bond acceptors (Lipinski definition) is 2. The van der Waals surface area contributed by atoms with Crippen LogP contribution in [0.3, 0.4) is 0 Å². The Morgan fingerprint density at radius 3 is 1.59 bits per heavy atom. The molecular formula is C52H30OS. The number of fused-ring (bicyclic) bond motifs is 11. The SMILES string of the molecule is c1ccc(-c2c3ccccc3c(-c3ccc4cc(-c5ccc6c(c5)oc5cc7sc8ccc9ccccc9c8c7cc56)ccc4c3)c3ccccc23)cc1. The van der Waals surface area contributed by atoms with Crippen LogP contribution in [0.5, 0.6) is 0 Å². The van der Waals surface area contributed by atoms with Crippen LogP contribution < -0.4 is 0 Å². The highest BCUT2D eigenvalue weighted by atomic mass is 32.1. The van der Waals surface area contributed by atoms with Crippen molar-refractivity contribution < 1.29 is 4.42 Å². The van der Waals surface area contributed by atoms with Gasteiger partial charge in [0.25, 0.3) is 0 Å². The van der Waals surface area contributed by atoms with E-state index in [-0.39, 0.29) is 0 Å². The lowest BCUT2D eigenvalue weighted by molar-refractivity contribution is 0.669. The summed E-state index contributed by atoms with van der Waals surface area (Å²) in [5.74, 6) is 0. The van der Waals surface area contributed by atoms with Crippen molar-refractivity contribution in [1.82, 2.24) is 0 Å². The molecule has 54 heavy (non-hydrogen) atoms. The third-order valence-corrected chi connectivity index (χ3v) is 12.5. The van der Waals surface area contributed by atoms with Gasteiger partial charge in [0.05, 0.1) is 0 Å². The van der Waals surface area contributed by atoms with E-state index < -0.39 is 0 Å². The molecule has 10 aromatic carbocycles. The molecule has 0 radical (unpaired) electrons. The summed E-state index contributed by atoms with van der Waals surface area (Å²) in [7, 11) is 0. The summed E-state index contributed by atoms with van der Waals surface area (Å²) < 4.78 is 9.15. The van der Waals surface area contributed by atoms with Crippen molar-refractivity contribution in [1.29, 1.82) is 0 Å². The average molecular weight is 703 g/mol. The predicted octanol–water partition coefficient (Wildman–Crippen LogP) is 15.6. The molecule has 0 spiro atoms. The van der Waals surface area contributed by atoms with Crippen LogP contribution in [0.1, 0.15) is 0 Å². The smallest absolute Gasteiger partial charge is 0.136 e. The van der Waals surface area contributed by atoms with E-state index in [2.05, 4.69) is 182 Å². The second kappa shape index (κ2) is 11.4. The monoisotopic (exact) mass is 702 g/mol. The van der Waals surface area contributed by atoms with E-state index in [0.717, 1.165) is 22.1 Å². The molecule has 12 rings (SSSR count). The second-order valence-electron chi connectivity index (χ2n) is 14.4. The minimum absolute atomic E-state index is 0.919. The normalized spacial score (nSPS) is 12.1. The number of rotatable bonds is 3. The van der Waals surface area contributed by atoms with Gasteiger partial charge in [-0.25, -0.2) is 0 Å². The molecule has 0 aliphatic heterocycles. The molecule has 0 fully saturated rings. The number of benzene rings is 10. The van der Waals surface area contributed by atoms with E-state index in [1.54, 1.807) is 0 Å². The van der Waals surface area contributed by atoms with Crippen molar-refractivity contribution in [2.45, 2.75) is 0 Å².